The average Bonchev–Trinajstić information content (AvgIpc) is 3.50. The lowest BCUT2D eigenvalue weighted by atomic mass is 9.96. The molecule has 1 saturated carbocycles. The molecular formula is C16H16N8O4S2. The lowest BCUT2D eigenvalue weighted by Gasteiger charge is -2.13. The van der Waals surface area contributed by atoms with E-state index in [9.17, 15) is 18.0 Å². The predicted molar refractivity (Wildman–Crippen MR) is 105 cm³/mol. The van der Waals surface area contributed by atoms with E-state index in [0.717, 1.165) is 43.2 Å². The van der Waals surface area contributed by atoms with Crippen LogP contribution in [-0.4, -0.2) is 50.8 Å². The van der Waals surface area contributed by atoms with Crippen molar-refractivity contribution in [1.29, 1.82) is 0 Å². The van der Waals surface area contributed by atoms with Crippen molar-refractivity contribution in [1.82, 2.24) is 30.6 Å². The minimum absolute atomic E-state index is 0.0204. The van der Waals surface area contributed by atoms with Gasteiger partial charge in [0.15, 0.2) is 10.9 Å². The summed E-state index contributed by atoms with van der Waals surface area (Å²) in [5, 5.41) is 16.8. The van der Waals surface area contributed by atoms with Gasteiger partial charge in [0.25, 0.3) is 15.0 Å². The number of aromatic amines is 1. The van der Waals surface area contributed by atoms with Gasteiger partial charge in [0.2, 0.25) is 0 Å². The van der Waals surface area contributed by atoms with Gasteiger partial charge in [-0.05, 0) is 24.1 Å². The van der Waals surface area contributed by atoms with E-state index in [2.05, 4.69) is 41.2 Å². The van der Waals surface area contributed by atoms with Crippen molar-refractivity contribution < 1.29 is 18.0 Å². The number of hydrogen-bond acceptors (Lipinski definition) is 10. The van der Waals surface area contributed by atoms with Crippen molar-refractivity contribution in [3.05, 3.63) is 30.2 Å². The van der Waals surface area contributed by atoms with Crippen LogP contribution in [-0.2, 0) is 9.84 Å². The summed E-state index contributed by atoms with van der Waals surface area (Å²) in [7, 11) is -3.98. The number of anilines is 2. The number of ketones is 1. The van der Waals surface area contributed by atoms with Crippen molar-refractivity contribution in [3.8, 4) is 0 Å². The SMILES string of the molecule is O=C(Nc1ncc(S(=O)(=O)c2nn[nH]n2)s1)Nc1cnccc1C(=O)C1CCCC1. The number of rotatable bonds is 6. The van der Waals surface area contributed by atoms with Crippen LogP contribution in [0.5, 0.6) is 0 Å². The first-order chi connectivity index (χ1) is 14.4. The molecule has 3 aromatic heterocycles. The molecule has 2 amide bonds. The van der Waals surface area contributed by atoms with Gasteiger partial charge in [-0.15, -0.1) is 5.10 Å². The number of hydrogen-bond donors (Lipinski definition) is 3. The first-order valence-electron chi connectivity index (χ1n) is 8.96. The predicted octanol–water partition coefficient (Wildman–Crippen LogP) is 1.90. The molecule has 3 aromatic rings. The summed E-state index contributed by atoms with van der Waals surface area (Å²) in [6.45, 7) is 0. The van der Waals surface area contributed by atoms with Crippen LogP contribution in [0, 0.1) is 5.92 Å². The molecule has 0 bridgehead atoms. The summed E-state index contributed by atoms with van der Waals surface area (Å²) in [6.07, 6.45) is 7.70. The third-order valence-electron chi connectivity index (χ3n) is 4.60. The largest absolute Gasteiger partial charge is 0.325 e. The fourth-order valence-corrected chi connectivity index (χ4v) is 5.29. The Morgan fingerprint density at radius 3 is 2.70 bits per heavy atom. The molecule has 30 heavy (non-hydrogen) atoms. The third kappa shape index (κ3) is 4.04. The highest BCUT2D eigenvalue weighted by Crippen LogP contribution is 2.30. The summed E-state index contributed by atoms with van der Waals surface area (Å²) >= 11 is 0.733. The third-order valence-corrected chi connectivity index (χ3v) is 7.50. The number of tetrazole rings is 1. The number of nitrogens with one attached hydrogen (secondary N) is 3. The zero-order chi connectivity index (χ0) is 21.1. The average molecular weight is 448 g/mol. The van der Waals surface area contributed by atoms with Crippen molar-refractivity contribution in [2.45, 2.75) is 35.0 Å². The molecule has 4 rings (SSSR count). The normalized spacial score (nSPS) is 14.5. The van der Waals surface area contributed by atoms with Crippen LogP contribution in [0.1, 0.15) is 36.0 Å². The molecule has 3 heterocycles. The molecule has 0 unspecified atom stereocenters. The fourth-order valence-electron chi connectivity index (χ4n) is 3.17. The molecule has 1 aliphatic rings. The summed E-state index contributed by atoms with van der Waals surface area (Å²) < 4.78 is 24.5. The molecule has 0 aliphatic heterocycles. The van der Waals surface area contributed by atoms with Gasteiger partial charge < -0.3 is 5.32 Å². The number of nitrogens with zero attached hydrogens (tertiary/aromatic N) is 5. The number of pyridine rings is 1. The van der Waals surface area contributed by atoms with Gasteiger partial charge in [-0.25, -0.2) is 18.2 Å². The first-order valence-corrected chi connectivity index (χ1v) is 11.3. The van der Waals surface area contributed by atoms with E-state index in [1.807, 2.05) is 0 Å². The molecule has 0 radical (unpaired) electrons. The highest BCUT2D eigenvalue weighted by molar-refractivity contribution is 7.93. The number of urea groups is 1. The maximum atomic E-state index is 12.7. The summed E-state index contributed by atoms with van der Waals surface area (Å²) in [6, 6.07) is 0.899. The highest BCUT2D eigenvalue weighted by Gasteiger charge is 2.27. The fraction of sp³-hybridized carbons (Fsp3) is 0.312. The Balaban J connectivity index is 1.46. The smallest absolute Gasteiger partial charge is 0.305 e. The summed E-state index contributed by atoms with van der Waals surface area (Å²) in [4.78, 5) is 33.0. The Kier molecular flexibility index (Phi) is 5.50. The highest BCUT2D eigenvalue weighted by atomic mass is 32.2. The van der Waals surface area contributed by atoms with Crippen molar-refractivity contribution in [2.75, 3.05) is 10.6 Å². The Morgan fingerprint density at radius 1 is 1.17 bits per heavy atom. The molecular weight excluding hydrogens is 432 g/mol. The van der Waals surface area contributed by atoms with Gasteiger partial charge in [-0.2, -0.15) is 5.21 Å². The number of thiazole rings is 1. The van der Waals surface area contributed by atoms with Crippen LogP contribution < -0.4 is 10.6 Å². The van der Waals surface area contributed by atoms with Crippen molar-refractivity contribution >= 4 is 43.8 Å². The number of sulfone groups is 1. The Morgan fingerprint density at radius 2 is 1.97 bits per heavy atom. The van der Waals surface area contributed by atoms with Gasteiger partial charge in [-0.1, -0.05) is 29.3 Å². The summed E-state index contributed by atoms with van der Waals surface area (Å²) in [5.74, 6) is -0.0687. The summed E-state index contributed by atoms with van der Waals surface area (Å²) in [5.41, 5.74) is 0.676. The number of carbonyl (C=O) groups is 2. The molecule has 3 N–H and O–H groups in total. The maximum Gasteiger partial charge on any atom is 0.325 e. The van der Waals surface area contributed by atoms with Crippen molar-refractivity contribution in [2.24, 2.45) is 5.92 Å². The molecule has 1 fully saturated rings. The molecule has 1 aliphatic carbocycles. The second kappa shape index (κ2) is 8.23. The molecule has 0 spiro atoms. The number of carbonyl (C=O) groups excluding carboxylic acids is 2. The second-order valence-corrected chi connectivity index (χ2v) is 9.63. The standard InChI is InChI=1S/C16H16N8O4S2/c25-13(9-3-1-2-4-9)10-5-6-17-7-11(10)19-14(26)20-15-18-8-12(29-15)30(27,28)16-21-23-24-22-16/h5-9H,1-4H2,(H2,18,19,20,26)(H,21,22,23,24). The molecule has 156 valence electrons. The zero-order valence-electron chi connectivity index (χ0n) is 15.4. The minimum Gasteiger partial charge on any atom is -0.305 e. The maximum absolute atomic E-state index is 12.7. The Hall–Kier alpha value is -3.26. The van der Waals surface area contributed by atoms with Crippen LogP contribution >= 0.6 is 11.3 Å². The van der Waals surface area contributed by atoms with E-state index in [1.54, 1.807) is 6.07 Å². The lowest BCUT2D eigenvalue weighted by molar-refractivity contribution is 0.0923. The Labute approximate surface area is 174 Å². The molecule has 0 saturated heterocycles. The van der Waals surface area contributed by atoms with Gasteiger partial charge in [-0.3, -0.25) is 15.1 Å². The van der Waals surface area contributed by atoms with Gasteiger partial charge in [0.05, 0.1) is 18.1 Å². The molecule has 0 aromatic carbocycles. The number of amides is 2. The Bertz CT molecular complexity index is 1170. The number of Topliss-reactive ketones (excluding diaryl/α,β-unsaturated/α-hetero) is 1. The van der Waals surface area contributed by atoms with E-state index in [0.29, 0.717) is 5.56 Å². The van der Waals surface area contributed by atoms with E-state index in [1.165, 1.54) is 12.4 Å². The van der Waals surface area contributed by atoms with E-state index < -0.39 is 21.0 Å². The second-order valence-electron chi connectivity index (χ2n) is 6.53. The topological polar surface area (TPSA) is 173 Å². The van der Waals surface area contributed by atoms with E-state index in [4.69, 9.17) is 0 Å². The zero-order valence-corrected chi connectivity index (χ0v) is 17.0. The number of H-pyrrole nitrogens is 1. The van der Waals surface area contributed by atoms with Crippen LogP contribution in [0.2, 0.25) is 0 Å². The monoisotopic (exact) mass is 448 g/mol. The minimum atomic E-state index is -3.98. The van der Waals surface area contributed by atoms with Crippen LogP contribution in [0.3, 0.4) is 0 Å². The quantitative estimate of drug-likeness (QED) is 0.476. The van der Waals surface area contributed by atoms with Crippen LogP contribution in [0.25, 0.3) is 0 Å². The molecule has 14 heteroatoms. The van der Waals surface area contributed by atoms with Crippen LogP contribution in [0.4, 0.5) is 15.6 Å². The van der Waals surface area contributed by atoms with Gasteiger partial charge in [0.1, 0.15) is 4.21 Å². The van der Waals surface area contributed by atoms with E-state index in [-0.39, 0.29) is 26.7 Å². The first kappa shape index (κ1) is 20.0. The van der Waals surface area contributed by atoms with Gasteiger partial charge in [0, 0.05) is 17.7 Å². The van der Waals surface area contributed by atoms with E-state index >= 15 is 0 Å². The van der Waals surface area contributed by atoms with Crippen molar-refractivity contribution in [3.63, 3.8) is 0 Å². The lowest BCUT2D eigenvalue weighted by Crippen LogP contribution is -2.22. The number of aromatic nitrogens is 6. The van der Waals surface area contributed by atoms with Crippen LogP contribution in [0.15, 0.2) is 34.0 Å². The van der Waals surface area contributed by atoms with Gasteiger partial charge >= 0.3 is 6.03 Å². The molecule has 0 atom stereocenters. The molecule has 12 nitrogen and oxygen atoms in total.